The molecule has 2 rings (SSSR count). The SMILES string of the molecule is NNC(=O)N(CC(=O)O)C1Cc2ccccc2C1. The summed E-state index contributed by atoms with van der Waals surface area (Å²) >= 11 is 0. The minimum atomic E-state index is -1.05. The Bertz CT molecular complexity index is 450. The van der Waals surface area contributed by atoms with Crippen LogP contribution in [0.2, 0.25) is 0 Å². The molecule has 0 atom stereocenters. The normalized spacial score (nSPS) is 14.1. The molecule has 18 heavy (non-hydrogen) atoms. The average molecular weight is 249 g/mol. The number of nitrogens with two attached hydrogens (primary N) is 1. The Morgan fingerprint density at radius 2 is 1.89 bits per heavy atom. The summed E-state index contributed by atoms with van der Waals surface area (Å²) in [5.74, 6) is 4.04. The summed E-state index contributed by atoms with van der Waals surface area (Å²) in [7, 11) is 0. The van der Waals surface area contributed by atoms with Gasteiger partial charge in [0.05, 0.1) is 0 Å². The molecule has 0 bridgehead atoms. The lowest BCUT2D eigenvalue weighted by Crippen LogP contribution is -2.50. The number of hydrogen-bond acceptors (Lipinski definition) is 3. The zero-order valence-electron chi connectivity index (χ0n) is 9.80. The summed E-state index contributed by atoms with van der Waals surface area (Å²) in [6, 6.07) is 7.15. The van der Waals surface area contributed by atoms with E-state index in [1.54, 1.807) is 0 Å². The number of rotatable bonds is 3. The second-order valence-corrected chi connectivity index (χ2v) is 4.30. The minimum Gasteiger partial charge on any atom is -0.480 e. The zero-order valence-corrected chi connectivity index (χ0v) is 9.80. The van der Waals surface area contributed by atoms with Crippen molar-refractivity contribution in [2.24, 2.45) is 5.84 Å². The van der Waals surface area contributed by atoms with Gasteiger partial charge in [-0.25, -0.2) is 10.6 Å². The second kappa shape index (κ2) is 5.05. The van der Waals surface area contributed by atoms with Crippen LogP contribution in [-0.4, -0.2) is 34.6 Å². The van der Waals surface area contributed by atoms with Crippen molar-refractivity contribution in [3.05, 3.63) is 35.4 Å². The van der Waals surface area contributed by atoms with E-state index in [0.29, 0.717) is 12.8 Å². The van der Waals surface area contributed by atoms with E-state index in [1.165, 1.54) is 4.90 Å². The third-order valence-corrected chi connectivity index (χ3v) is 3.16. The first-order valence-electron chi connectivity index (χ1n) is 5.67. The van der Waals surface area contributed by atoms with Crippen molar-refractivity contribution < 1.29 is 14.7 Å². The number of nitrogens with zero attached hydrogens (tertiary/aromatic N) is 1. The van der Waals surface area contributed by atoms with Crippen molar-refractivity contribution in [3.63, 3.8) is 0 Å². The molecule has 0 saturated carbocycles. The topological polar surface area (TPSA) is 95.7 Å². The van der Waals surface area contributed by atoms with Gasteiger partial charge in [-0.05, 0) is 24.0 Å². The van der Waals surface area contributed by atoms with E-state index in [0.717, 1.165) is 11.1 Å². The number of carbonyl (C=O) groups excluding carboxylic acids is 1. The van der Waals surface area contributed by atoms with Crippen molar-refractivity contribution >= 4 is 12.0 Å². The van der Waals surface area contributed by atoms with Gasteiger partial charge in [-0.15, -0.1) is 0 Å². The molecule has 0 aliphatic heterocycles. The number of fused-ring (bicyclic) bond motifs is 1. The molecule has 0 radical (unpaired) electrons. The molecule has 0 saturated heterocycles. The van der Waals surface area contributed by atoms with Crippen LogP contribution in [0.4, 0.5) is 4.79 Å². The number of benzene rings is 1. The van der Waals surface area contributed by atoms with Crippen LogP contribution >= 0.6 is 0 Å². The van der Waals surface area contributed by atoms with Gasteiger partial charge in [0.2, 0.25) is 0 Å². The molecule has 96 valence electrons. The molecule has 1 aliphatic carbocycles. The van der Waals surface area contributed by atoms with E-state index < -0.39 is 12.0 Å². The second-order valence-electron chi connectivity index (χ2n) is 4.30. The lowest BCUT2D eigenvalue weighted by molar-refractivity contribution is -0.138. The fraction of sp³-hybridized carbons (Fsp3) is 0.333. The Balaban J connectivity index is 2.15. The highest BCUT2D eigenvalue weighted by Crippen LogP contribution is 2.25. The van der Waals surface area contributed by atoms with Gasteiger partial charge in [0.1, 0.15) is 6.54 Å². The summed E-state index contributed by atoms with van der Waals surface area (Å²) in [6.07, 6.45) is 1.33. The number of aliphatic carboxylic acids is 1. The number of hydrazine groups is 1. The van der Waals surface area contributed by atoms with Gasteiger partial charge in [0.15, 0.2) is 0 Å². The Kier molecular flexibility index (Phi) is 3.47. The van der Waals surface area contributed by atoms with Crippen LogP contribution in [0.15, 0.2) is 24.3 Å². The van der Waals surface area contributed by atoms with Gasteiger partial charge in [0.25, 0.3) is 0 Å². The van der Waals surface area contributed by atoms with Gasteiger partial charge in [-0.3, -0.25) is 10.2 Å². The molecule has 0 heterocycles. The van der Waals surface area contributed by atoms with Crippen LogP contribution in [0.3, 0.4) is 0 Å². The molecular formula is C12H15N3O3. The van der Waals surface area contributed by atoms with Crippen LogP contribution in [-0.2, 0) is 17.6 Å². The highest BCUT2D eigenvalue weighted by molar-refractivity contribution is 5.80. The first kappa shape index (κ1) is 12.4. The van der Waals surface area contributed by atoms with E-state index in [2.05, 4.69) is 0 Å². The van der Waals surface area contributed by atoms with Crippen molar-refractivity contribution in [2.75, 3.05) is 6.54 Å². The fourth-order valence-corrected chi connectivity index (χ4v) is 2.35. The number of carboxylic acids is 1. The Hall–Kier alpha value is -2.08. The van der Waals surface area contributed by atoms with Crippen LogP contribution < -0.4 is 11.3 Å². The maximum atomic E-state index is 11.6. The molecular weight excluding hydrogens is 234 g/mol. The van der Waals surface area contributed by atoms with E-state index in [9.17, 15) is 9.59 Å². The molecule has 1 aromatic carbocycles. The smallest absolute Gasteiger partial charge is 0.332 e. The van der Waals surface area contributed by atoms with Gasteiger partial charge >= 0.3 is 12.0 Å². The molecule has 4 N–H and O–H groups in total. The lowest BCUT2D eigenvalue weighted by Gasteiger charge is -2.26. The zero-order chi connectivity index (χ0) is 13.1. The molecule has 0 aromatic heterocycles. The molecule has 6 nitrogen and oxygen atoms in total. The summed E-state index contributed by atoms with van der Waals surface area (Å²) < 4.78 is 0. The predicted molar refractivity (Wildman–Crippen MR) is 64.7 cm³/mol. The largest absolute Gasteiger partial charge is 0.480 e. The minimum absolute atomic E-state index is 0.151. The number of hydrogen-bond donors (Lipinski definition) is 3. The molecule has 0 unspecified atom stereocenters. The molecule has 1 aromatic rings. The average Bonchev–Trinajstić information content (AvgIpc) is 2.78. The summed E-state index contributed by atoms with van der Waals surface area (Å²) in [6.45, 7) is -0.346. The summed E-state index contributed by atoms with van der Waals surface area (Å²) in [4.78, 5) is 23.7. The van der Waals surface area contributed by atoms with Crippen molar-refractivity contribution in [2.45, 2.75) is 18.9 Å². The van der Waals surface area contributed by atoms with E-state index in [1.807, 2.05) is 29.7 Å². The van der Waals surface area contributed by atoms with Gasteiger partial charge in [-0.1, -0.05) is 24.3 Å². The first-order valence-corrected chi connectivity index (χ1v) is 5.67. The quantitative estimate of drug-likeness (QED) is 0.403. The molecule has 1 aliphatic rings. The van der Waals surface area contributed by atoms with Crippen LogP contribution in [0.25, 0.3) is 0 Å². The predicted octanol–water partition coefficient (Wildman–Crippen LogP) is 0.124. The van der Waals surface area contributed by atoms with Gasteiger partial charge in [-0.2, -0.15) is 0 Å². The Morgan fingerprint density at radius 3 is 2.33 bits per heavy atom. The van der Waals surface area contributed by atoms with Crippen molar-refractivity contribution in [3.8, 4) is 0 Å². The molecule has 2 amide bonds. The Labute approximate surface area is 104 Å². The van der Waals surface area contributed by atoms with Crippen LogP contribution in [0, 0.1) is 0 Å². The van der Waals surface area contributed by atoms with Crippen LogP contribution in [0.1, 0.15) is 11.1 Å². The van der Waals surface area contributed by atoms with Gasteiger partial charge < -0.3 is 10.0 Å². The first-order chi connectivity index (χ1) is 8.61. The third-order valence-electron chi connectivity index (χ3n) is 3.16. The highest BCUT2D eigenvalue weighted by atomic mass is 16.4. The standard InChI is InChI=1S/C12H15N3O3/c13-14-12(18)15(7-11(16)17)10-5-8-3-1-2-4-9(8)6-10/h1-4,10H,5-7,13H2,(H,14,18)(H,16,17). The Morgan fingerprint density at radius 1 is 1.33 bits per heavy atom. The van der Waals surface area contributed by atoms with Crippen molar-refractivity contribution in [1.82, 2.24) is 10.3 Å². The third kappa shape index (κ3) is 2.43. The number of carbonyl (C=O) groups is 2. The molecule has 0 spiro atoms. The maximum Gasteiger partial charge on any atom is 0.332 e. The summed E-state index contributed by atoms with van der Waals surface area (Å²) in [5, 5.41) is 8.84. The van der Waals surface area contributed by atoms with Gasteiger partial charge in [0, 0.05) is 6.04 Å². The monoisotopic (exact) mass is 249 g/mol. The number of amides is 2. The fourth-order valence-electron chi connectivity index (χ4n) is 2.35. The highest BCUT2D eigenvalue weighted by Gasteiger charge is 2.30. The number of urea groups is 1. The van der Waals surface area contributed by atoms with Crippen LogP contribution in [0.5, 0.6) is 0 Å². The maximum absolute atomic E-state index is 11.6. The van der Waals surface area contributed by atoms with Crippen molar-refractivity contribution in [1.29, 1.82) is 0 Å². The summed E-state index contributed by atoms with van der Waals surface area (Å²) in [5.41, 5.74) is 4.31. The van der Waals surface area contributed by atoms with E-state index >= 15 is 0 Å². The lowest BCUT2D eigenvalue weighted by atomic mass is 10.1. The molecule has 6 heteroatoms. The molecule has 0 fully saturated rings. The van der Waals surface area contributed by atoms with E-state index in [-0.39, 0.29) is 12.6 Å². The number of nitrogens with one attached hydrogen (secondary N) is 1. The number of carboxylic acid groups (broad SMARTS) is 1. The van der Waals surface area contributed by atoms with E-state index in [4.69, 9.17) is 10.9 Å².